The molecular weight excluding hydrogens is 803 g/mol. The smallest absolute Gasteiger partial charge is 0.352 e. The molecule has 20 heteroatoms. The number of thiocarbonyl (C=S) groups is 1. The first kappa shape index (κ1) is 38.3. The minimum Gasteiger partial charge on any atom is -0.477 e. The van der Waals surface area contributed by atoms with E-state index in [9.17, 15) is 39.0 Å². The van der Waals surface area contributed by atoms with E-state index in [4.69, 9.17) is 29.6 Å². The van der Waals surface area contributed by atoms with E-state index in [1.807, 2.05) is 17.5 Å². The van der Waals surface area contributed by atoms with Crippen LogP contribution in [0, 0.1) is 5.82 Å². The molecule has 0 bridgehead atoms. The van der Waals surface area contributed by atoms with Crippen molar-refractivity contribution >= 4 is 109 Å². The van der Waals surface area contributed by atoms with Gasteiger partial charge in [-0.3, -0.25) is 24.1 Å². The highest BCUT2D eigenvalue weighted by Crippen LogP contribution is 2.43. The molecule has 7 rings (SSSR count). The van der Waals surface area contributed by atoms with E-state index in [1.165, 1.54) is 29.3 Å². The summed E-state index contributed by atoms with van der Waals surface area (Å²) >= 11 is 15.9. The zero-order valence-corrected chi connectivity index (χ0v) is 32.1. The molecule has 284 valence electrons. The van der Waals surface area contributed by atoms with Gasteiger partial charge in [0.25, 0.3) is 5.91 Å². The van der Waals surface area contributed by atoms with Crippen molar-refractivity contribution in [2.24, 2.45) is 5.73 Å². The molecule has 4 unspecified atom stereocenters. The first-order valence-corrected chi connectivity index (χ1v) is 20.4. The molecule has 1 saturated carbocycles. The molecule has 2 saturated heterocycles. The summed E-state index contributed by atoms with van der Waals surface area (Å²) in [6, 6.07) is 2.26. The summed E-state index contributed by atoms with van der Waals surface area (Å²) in [7, 11) is 0. The third-order valence-electron chi connectivity index (χ3n) is 9.63. The number of anilines is 1. The molecule has 3 amide bonds. The van der Waals surface area contributed by atoms with Crippen molar-refractivity contribution < 1.29 is 38.6 Å². The van der Waals surface area contributed by atoms with Crippen LogP contribution in [-0.4, -0.2) is 102 Å². The number of thioether (sulfide) groups is 2. The highest BCUT2D eigenvalue weighted by Gasteiger charge is 2.54. The Hall–Kier alpha value is -4.01. The maximum atomic E-state index is 15.6. The molecule has 2 aromatic heterocycles. The van der Waals surface area contributed by atoms with Crippen molar-refractivity contribution in [3.05, 3.63) is 72.5 Å². The number of aromatic carboxylic acids is 1. The molecule has 0 spiro atoms. The quantitative estimate of drug-likeness (QED) is 0.132. The van der Waals surface area contributed by atoms with Gasteiger partial charge in [0.05, 0.1) is 44.0 Å². The lowest BCUT2D eigenvalue weighted by atomic mass is 10.00. The number of nitrogens with zero attached hydrogens (tertiary/aromatic N) is 3. The number of rotatable bonds is 12. The Labute approximate surface area is 329 Å². The number of hydrogen-bond acceptors (Lipinski definition) is 12. The number of thiophene rings is 1. The number of pyridine rings is 1. The maximum absolute atomic E-state index is 15.6. The first-order valence-electron chi connectivity index (χ1n) is 16.7. The highest BCUT2D eigenvalue weighted by atomic mass is 35.5. The van der Waals surface area contributed by atoms with Gasteiger partial charge < -0.3 is 36.0 Å². The van der Waals surface area contributed by atoms with Crippen LogP contribution < -0.4 is 26.7 Å². The number of carbonyl (C=O) groups excluding carboxylic acids is 3. The largest absolute Gasteiger partial charge is 0.477 e. The molecule has 54 heavy (non-hydrogen) atoms. The standard InChI is InChI=1S/C34H32ClFN6O8S4/c35-23-26-17(29(45)18(32(47)48)11-41(26)15-3-4-15)9-20(36)28(23)40-6-5-14(10-40)38-22(44)13-54-34(51)24(37)19-12-53-31-25(30(46)42(31)27(19)33(49)50)39-21(43)8-16-2-1-7-52-16/h1-2,7,9,11,14-15,24-25,31H,3-6,8,10,12-13,37H2,(H,38,44)(H,39,43)(H,47,48)(H,49,50). The molecule has 3 fully saturated rings. The van der Waals surface area contributed by atoms with Crippen molar-refractivity contribution in [3.63, 3.8) is 0 Å². The Bertz CT molecular complexity index is 2210. The second kappa shape index (κ2) is 15.3. The number of carboxylic acids is 2. The van der Waals surface area contributed by atoms with Gasteiger partial charge in [0.15, 0.2) is 0 Å². The van der Waals surface area contributed by atoms with E-state index in [2.05, 4.69) is 10.6 Å². The Kier molecular flexibility index (Phi) is 10.8. The van der Waals surface area contributed by atoms with Gasteiger partial charge in [-0.15, -0.1) is 34.9 Å². The summed E-state index contributed by atoms with van der Waals surface area (Å²) in [5.74, 6) is -4.84. The van der Waals surface area contributed by atoms with Crippen LogP contribution in [0.5, 0.6) is 0 Å². The number of aromatic nitrogens is 1. The summed E-state index contributed by atoms with van der Waals surface area (Å²) in [6.45, 7) is 0.541. The third kappa shape index (κ3) is 7.24. The van der Waals surface area contributed by atoms with Gasteiger partial charge in [-0.1, -0.05) is 29.9 Å². The van der Waals surface area contributed by atoms with Crippen LogP contribution in [0.3, 0.4) is 0 Å². The maximum Gasteiger partial charge on any atom is 0.352 e. The van der Waals surface area contributed by atoms with Crippen LogP contribution in [0.2, 0.25) is 5.02 Å². The van der Waals surface area contributed by atoms with E-state index in [1.54, 1.807) is 9.47 Å². The van der Waals surface area contributed by atoms with Crippen molar-refractivity contribution in [1.29, 1.82) is 0 Å². The Morgan fingerprint density at radius 2 is 1.89 bits per heavy atom. The van der Waals surface area contributed by atoms with Gasteiger partial charge in [-0.2, -0.15) is 0 Å². The minimum atomic E-state index is -1.41. The summed E-state index contributed by atoms with van der Waals surface area (Å²) in [4.78, 5) is 79.3. The van der Waals surface area contributed by atoms with Gasteiger partial charge >= 0.3 is 11.9 Å². The topological polar surface area (TPSA) is 204 Å². The summed E-state index contributed by atoms with van der Waals surface area (Å²) in [5.41, 5.74) is 5.40. The summed E-state index contributed by atoms with van der Waals surface area (Å²) in [6.07, 6.45) is 3.34. The Balaban J connectivity index is 0.965. The summed E-state index contributed by atoms with van der Waals surface area (Å²) < 4.78 is 17.4. The zero-order chi connectivity index (χ0) is 38.6. The average Bonchev–Trinajstić information content (AvgIpc) is 3.66. The molecule has 0 radical (unpaired) electrons. The van der Waals surface area contributed by atoms with E-state index in [0.717, 1.165) is 40.4 Å². The lowest BCUT2D eigenvalue weighted by molar-refractivity contribution is -0.150. The van der Waals surface area contributed by atoms with Crippen molar-refractivity contribution in [2.75, 3.05) is 29.5 Å². The van der Waals surface area contributed by atoms with Crippen LogP contribution >= 0.6 is 58.7 Å². The number of carboxylic acid groups (broad SMARTS) is 2. The van der Waals surface area contributed by atoms with Crippen LogP contribution in [0.1, 0.15) is 40.5 Å². The van der Waals surface area contributed by atoms with Crippen LogP contribution in [-0.2, 0) is 25.6 Å². The molecule has 14 nitrogen and oxygen atoms in total. The molecule has 1 aromatic carbocycles. The fraction of sp³-hybridized carbons (Fsp3) is 0.382. The molecule has 3 aromatic rings. The molecule has 4 atom stereocenters. The number of carbonyl (C=O) groups is 5. The van der Waals surface area contributed by atoms with Crippen molar-refractivity contribution in [1.82, 2.24) is 20.1 Å². The van der Waals surface area contributed by atoms with Crippen molar-refractivity contribution in [2.45, 2.75) is 55.2 Å². The van der Waals surface area contributed by atoms with E-state index in [-0.39, 0.29) is 79.4 Å². The predicted octanol–water partition coefficient (Wildman–Crippen LogP) is 2.95. The molecule has 4 aliphatic rings. The second-order valence-corrected chi connectivity index (χ2v) is 17.4. The predicted molar refractivity (Wildman–Crippen MR) is 208 cm³/mol. The SMILES string of the molecule is NC(C(=S)SCC(=O)NC1CCN(c2c(F)cc3c(=O)c(C(=O)O)cn(C4CC4)c3c2Cl)C1)C1=C(C(=O)O)N2C(=O)C(NC(=O)Cc3cccs3)C2SC1. The Morgan fingerprint density at radius 1 is 1.13 bits per heavy atom. The van der Waals surface area contributed by atoms with E-state index >= 15 is 4.39 Å². The zero-order valence-electron chi connectivity index (χ0n) is 28.1. The number of benzene rings is 1. The van der Waals surface area contributed by atoms with Gasteiger partial charge in [0.1, 0.15) is 28.5 Å². The molecule has 6 N–H and O–H groups in total. The molecule has 3 aliphatic heterocycles. The summed E-state index contributed by atoms with van der Waals surface area (Å²) in [5, 5.41) is 26.3. The second-order valence-electron chi connectivity index (χ2n) is 13.2. The number of fused-ring (bicyclic) bond motifs is 2. The van der Waals surface area contributed by atoms with Crippen molar-refractivity contribution in [3.8, 4) is 0 Å². The molecule has 5 heterocycles. The lowest BCUT2D eigenvalue weighted by Crippen LogP contribution is -2.71. The third-order valence-corrected chi connectivity index (χ3v) is 13.7. The molecule has 1 aliphatic carbocycles. The number of β-lactam (4-membered cyclic amide) rings is 1. The fourth-order valence-corrected chi connectivity index (χ4v) is 10.4. The monoisotopic (exact) mass is 834 g/mol. The molecular formula is C34H32ClFN6O8S4. The number of nitrogens with two attached hydrogens (primary N) is 1. The van der Waals surface area contributed by atoms with Gasteiger partial charge in [-0.25, -0.2) is 14.0 Å². The van der Waals surface area contributed by atoms with Gasteiger partial charge in [-0.05, 0) is 42.3 Å². The van der Waals surface area contributed by atoms with Gasteiger partial charge in [0, 0.05) is 42.0 Å². The first-order chi connectivity index (χ1) is 25.7. The minimum absolute atomic E-state index is 0.00983. The van der Waals surface area contributed by atoms with E-state index < -0.39 is 58.2 Å². The highest BCUT2D eigenvalue weighted by molar-refractivity contribution is 8.23. The number of halogens is 2. The van der Waals surface area contributed by atoms with Gasteiger partial charge in [0.2, 0.25) is 17.2 Å². The number of aliphatic carboxylic acids is 1. The van der Waals surface area contributed by atoms with Crippen LogP contribution in [0.25, 0.3) is 10.9 Å². The van der Waals surface area contributed by atoms with E-state index in [0.29, 0.717) is 13.0 Å². The average molecular weight is 835 g/mol. The number of hydrogen-bond donors (Lipinski definition) is 5. The fourth-order valence-electron chi connectivity index (χ4n) is 6.91. The lowest BCUT2D eigenvalue weighted by Gasteiger charge is -2.50. The van der Waals surface area contributed by atoms with Crippen LogP contribution in [0.15, 0.2) is 45.8 Å². The normalized spacial score (nSPS) is 21.5. The Morgan fingerprint density at radius 3 is 2.56 bits per heavy atom. The number of amides is 3. The number of nitrogens with one attached hydrogen (secondary N) is 2. The van der Waals surface area contributed by atoms with Crippen LogP contribution in [0.4, 0.5) is 10.1 Å².